The highest BCUT2D eigenvalue weighted by molar-refractivity contribution is 7.99. The second-order valence-electron chi connectivity index (χ2n) is 20.5. The second kappa shape index (κ2) is 21.7. The number of pyridine rings is 1. The van der Waals surface area contributed by atoms with E-state index in [0.717, 1.165) is 63.4 Å². The number of piperidine rings is 3. The van der Waals surface area contributed by atoms with Crippen LogP contribution in [0.2, 0.25) is 5.02 Å². The quantitative estimate of drug-likeness (QED) is 0.124. The Bertz CT molecular complexity index is 2510. The molecule has 4 fully saturated rings. The lowest BCUT2D eigenvalue weighted by atomic mass is 9.85. The number of halogens is 1. The van der Waals surface area contributed by atoms with Gasteiger partial charge in [0.05, 0.1) is 39.6 Å². The zero-order chi connectivity index (χ0) is 49.9. The molecule has 0 unspecified atom stereocenters. The molecule has 4 amide bonds. The molecule has 376 valence electrons. The third-order valence-electron chi connectivity index (χ3n) is 13.9. The first-order chi connectivity index (χ1) is 33.3. The highest BCUT2D eigenvalue weighted by Crippen LogP contribution is 2.39. The molecule has 5 N–H and O–H groups in total. The number of aryl methyl sites for hydroxylation is 1. The average molecular weight is 1020 g/mol. The molecule has 4 aliphatic heterocycles. The Morgan fingerprint density at radius 1 is 0.986 bits per heavy atom. The lowest BCUT2D eigenvalue weighted by molar-refractivity contribution is -0.143. The minimum absolute atomic E-state index is 0.00993. The minimum atomic E-state index is -0.914. The van der Waals surface area contributed by atoms with Crippen molar-refractivity contribution in [3.05, 3.63) is 64.6 Å². The van der Waals surface area contributed by atoms with Gasteiger partial charge in [0.25, 0.3) is 0 Å². The van der Waals surface area contributed by atoms with Gasteiger partial charge >= 0.3 is 0 Å². The molecule has 0 spiro atoms. The van der Waals surface area contributed by atoms with E-state index in [9.17, 15) is 24.3 Å². The van der Waals surface area contributed by atoms with Crippen LogP contribution >= 0.6 is 34.7 Å². The van der Waals surface area contributed by atoms with E-state index in [0.29, 0.717) is 68.5 Å². The SMILES string of the molecule is CC(=O)N[C@H](C(=O)N1C[C@H](O)C[C@H]1C(=O)NCc1ccc(-c2scnc2C)cc1OC1CCN(C(=O)C2CCN(c3nccc(Sc4cnc(N5CCC(C)(N)CC5)cn4)c3Cl)CC2)CC1)C(C)(C)C. The number of β-amino-alcohol motifs (C(OH)–C–C–N with tert-alkyl or cyclic N) is 1. The zero-order valence-corrected chi connectivity index (χ0v) is 43.3. The fraction of sp³-hybridized carbons (Fsp3) is 0.560. The second-order valence-corrected chi connectivity index (χ2v) is 22.8. The number of aliphatic hydroxyl groups is 1. The van der Waals surface area contributed by atoms with Crippen LogP contribution in [0, 0.1) is 18.3 Å². The number of rotatable bonds is 13. The number of hydrogen-bond acceptors (Lipinski definition) is 15. The zero-order valence-electron chi connectivity index (χ0n) is 41.0. The van der Waals surface area contributed by atoms with Gasteiger partial charge in [0.15, 0.2) is 0 Å². The summed E-state index contributed by atoms with van der Waals surface area (Å²) in [5, 5.41) is 17.7. The molecule has 0 radical (unpaired) electrons. The number of nitrogens with two attached hydrogens (primary N) is 1. The summed E-state index contributed by atoms with van der Waals surface area (Å²) in [5.74, 6) is 1.05. The predicted molar refractivity (Wildman–Crippen MR) is 272 cm³/mol. The van der Waals surface area contributed by atoms with Gasteiger partial charge in [-0.1, -0.05) is 56.3 Å². The van der Waals surface area contributed by atoms with E-state index in [1.165, 1.54) is 34.9 Å². The number of amides is 4. The molecule has 0 aliphatic carbocycles. The molecule has 4 aromatic rings. The van der Waals surface area contributed by atoms with E-state index in [4.69, 9.17) is 22.1 Å². The smallest absolute Gasteiger partial charge is 0.246 e. The molecule has 8 rings (SSSR count). The van der Waals surface area contributed by atoms with Crippen LogP contribution in [0.25, 0.3) is 10.4 Å². The van der Waals surface area contributed by atoms with Crippen LogP contribution in [0.1, 0.15) is 90.8 Å². The van der Waals surface area contributed by atoms with Crippen molar-refractivity contribution in [1.29, 1.82) is 0 Å². The number of benzene rings is 1. The fourth-order valence-corrected chi connectivity index (χ4v) is 11.6. The summed E-state index contributed by atoms with van der Waals surface area (Å²) in [6, 6.07) is 6.01. The standard InChI is InChI=1S/C50H66ClN11O6S2/c1-30-43(69-29-57-30)33-7-8-34(25-56-46(65)37-24-35(64)28-62(37)48(67)44(49(3,4)5)58-31(2)63)38(23-33)68-36-12-19-61(20-13-36)47(66)32-10-17-60(18-11-32)45-42(51)39(9-16-53-45)70-41-27-54-40(26-55-41)59-21-14-50(6,52)15-22-59/h7-9,16,23,26-27,29,32,35-37,44,64H,10-15,17-22,24-25,28,52H2,1-6H3,(H,56,65)(H,58,63)/t35-,37+,44-/m1/s1. The van der Waals surface area contributed by atoms with E-state index in [1.807, 2.05) is 68.6 Å². The van der Waals surface area contributed by atoms with Crippen LogP contribution in [-0.4, -0.2) is 134 Å². The average Bonchev–Trinajstić information content (AvgIpc) is 3.95. The van der Waals surface area contributed by atoms with E-state index in [1.54, 1.807) is 12.4 Å². The van der Waals surface area contributed by atoms with Crippen molar-refractivity contribution in [3.8, 4) is 16.2 Å². The first-order valence-electron chi connectivity index (χ1n) is 24.3. The largest absolute Gasteiger partial charge is 0.490 e. The molecule has 1 aromatic carbocycles. The van der Waals surface area contributed by atoms with Gasteiger partial charge in [0.1, 0.15) is 40.6 Å². The monoisotopic (exact) mass is 1020 g/mol. The van der Waals surface area contributed by atoms with Crippen LogP contribution in [0.3, 0.4) is 0 Å². The van der Waals surface area contributed by atoms with Crippen LogP contribution in [0.4, 0.5) is 11.6 Å². The first-order valence-corrected chi connectivity index (χ1v) is 26.4. The molecule has 3 aromatic heterocycles. The maximum atomic E-state index is 14.0. The number of carbonyl (C=O) groups excluding carboxylic acids is 4. The number of nitrogens with one attached hydrogen (secondary N) is 2. The summed E-state index contributed by atoms with van der Waals surface area (Å²) >= 11 is 9.99. The predicted octanol–water partition coefficient (Wildman–Crippen LogP) is 5.84. The van der Waals surface area contributed by atoms with Crippen molar-refractivity contribution < 1.29 is 29.0 Å². The van der Waals surface area contributed by atoms with Gasteiger partial charge in [-0.15, -0.1) is 11.3 Å². The van der Waals surface area contributed by atoms with Crippen molar-refractivity contribution in [2.75, 3.05) is 55.6 Å². The molecule has 70 heavy (non-hydrogen) atoms. The van der Waals surface area contributed by atoms with Crippen LogP contribution in [0.15, 0.2) is 58.3 Å². The number of thiazole rings is 1. The van der Waals surface area contributed by atoms with Gasteiger partial charge in [-0.25, -0.2) is 19.9 Å². The number of aromatic nitrogens is 4. The number of anilines is 2. The van der Waals surface area contributed by atoms with Gasteiger partial charge in [-0.3, -0.25) is 19.2 Å². The first kappa shape index (κ1) is 51.3. The lowest BCUT2D eigenvalue weighted by Gasteiger charge is -2.38. The molecule has 0 saturated carbocycles. The van der Waals surface area contributed by atoms with Gasteiger partial charge < -0.3 is 45.8 Å². The Morgan fingerprint density at radius 2 is 1.71 bits per heavy atom. The number of ether oxygens (including phenoxy) is 1. The van der Waals surface area contributed by atoms with E-state index in [2.05, 4.69) is 47.3 Å². The summed E-state index contributed by atoms with van der Waals surface area (Å²) in [6.07, 6.45) is 8.88. The summed E-state index contributed by atoms with van der Waals surface area (Å²) in [6.45, 7) is 15.2. The molecular weight excluding hydrogens is 950 g/mol. The third-order valence-corrected chi connectivity index (χ3v) is 16.4. The van der Waals surface area contributed by atoms with Crippen LogP contribution in [-0.2, 0) is 25.7 Å². The Hall–Kier alpha value is -5.08. The van der Waals surface area contributed by atoms with Gasteiger partial charge in [-0.2, -0.15) is 0 Å². The maximum Gasteiger partial charge on any atom is 0.246 e. The fourth-order valence-electron chi connectivity index (χ4n) is 9.72. The molecule has 7 heterocycles. The number of carbonyl (C=O) groups is 4. The topological polar surface area (TPSA) is 212 Å². The van der Waals surface area contributed by atoms with Crippen molar-refractivity contribution in [1.82, 2.24) is 40.4 Å². The third kappa shape index (κ3) is 12.1. The number of likely N-dealkylation sites (tertiary alicyclic amines) is 2. The van der Waals surface area contributed by atoms with Crippen LogP contribution in [0.5, 0.6) is 5.75 Å². The summed E-state index contributed by atoms with van der Waals surface area (Å²) in [4.78, 5) is 81.7. The van der Waals surface area contributed by atoms with Crippen molar-refractivity contribution in [3.63, 3.8) is 0 Å². The summed E-state index contributed by atoms with van der Waals surface area (Å²) < 4.78 is 6.75. The maximum absolute atomic E-state index is 14.0. The molecule has 4 aliphatic rings. The number of aliphatic hydroxyl groups excluding tert-OH is 1. The molecule has 4 saturated heterocycles. The Balaban J connectivity index is 0.854. The number of nitrogens with zero attached hydrogens (tertiary/aromatic N) is 8. The summed E-state index contributed by atoms with van der Waals surface area (Å²) in [7, 11) is 0. The van der Waals surface area contributed by atoms with E-state index >= 15 is 0 Å². The van der Waals surface area contributed by atoms with Gasteiger partial charge in [0, 0.05) is 107 Å². The summed E-state index contributed by atoms with van der Waals surface area (Å²) in [5.41, 5.74) is 9.97. The highest BCUT2D eigenvalue weighted by Gasteiger charge is 2.44. The van der Waals surface area contributed by atoms with Gasteiger partial charge in [0.2, 0.25) is 23.6 Å². The van der Waals surface area contributed by atoms with Gasteiger partial charge in [-0.05, 0) is 62.6 Å². The molecule has 3 atom stereocenters. The number of hydrogen-bond donors (Lipinski definition) is 4. The van der Waals surface area contributed by atoms with Crippen molar-refractivity contribution in [2.45, 2.75) is 133 Å². The normalized spacial score (nSPS) is 20.6. The Labute approximate surface area is 423 Å². The molecular formula is C50H66ClN11O6S2. The van der Waals surface area contributed by atoms with E-state index in [-0.39, 0.29) is 48.9 Å². The highest BCUT2D eigenvalue weighted by atomic mass is 35.5. The Morgan fingerprint density at radius 3 is 2.36 bits per heavy atom. The molecule has 20 heteroatoms. The van der Waals surface area contributed by atoms with Crippen LogP contribution < -0.4 is 30.9 Å². The molecule has 0 bridgehead atoms. The minimum Gasteiger partial charge on any atom is -0.490 e. The lowest BCUT2D eigenvalue weighted by Crippen LogP contribution is -2.57. The Kier molecular flexibility index (Phi) is 15.9. The van der Waals surface area contributed by atoms with E-state index < -0.39 is 35.4 Å². The van der Waals surface area contributed by atoms with Crippen molar-refractivity contribution in [2.24, 2.45) is 17.1 Å². The van der Waals surface area contributed by atoms with Crippen molar-refractivity contribution >= 4 is 70.0 Å². The molecule has 17 nitrogen and oxygen atoms in total.